The van der Waals surface area contributed by atoms with Crippen molar-refractivity contribution < 1.29 is 14.9 Å². The number of hydrogen-bond donors (Lipinski definition) is 3. The number of ether oxygens (including phenoxy) is 1. The van der Waals surface area contributed by atoms with Gasteiger partial charge >= 0.3 is 0 Å². The fraction of sp³-hybridized carbons (Fsp3) is 0.263. The maximum absolute atomic E-state index is 10.1. The number of H-pyrrole nitrogens is 1. The Bertz CT molecular complexity index is 932. The van der Waals surface area contributed by atoms with Gasteiger partial charge in [0.2, 0.25) is 0 Å². The number of nitrogens with one attached hydrogen (secondary N) is 1. The normalized spacial score (nSPS) is 10.8. The number of aromatic nitrogens is 3. The Labute approximate surface area is 156 Å². The Hall–Kier alpha value is -2.80. The Morgan fingerprint density at radius 2 is 1.88 bits per heavy atom. The molecule has 7 heteroatoms. The average molecular weight is 371 g/mol. The highest BCUT2D eigenvalue weighted by Crippen LogP contribution is 2.32. The van der Waals surface area contributed by atoms with E-state index in [1.54, 1.807) is 10.6 Å². The molecule has 3 rings (SSSR count). The van der Waals surface area contributed by atoms with Gasteiger partial charge in [0.1, 0.15) is 17.2 Å². The van der Waals surface area contributed by atoms with Crippen molar-refractivity contribution in [2.24, 2.45) is 0 Å². The van der Waals surface area contributed by atoms with Crippen molar-refractivity contribution in [3.8, 4) is 34.3 Å². The minimum atomic E-state index is -0.0730. The fourth-order valence-electron chi connectivity index (χ4n) is 2.66. The maximum Gasteiger partial charge on any atom is 0.200 e. The molecule has 1 aromatic heterocycles. The summed E-state index contributed by atoms with van der Waals surface area (Å²) in [7, 11) is 0. The monoisotopic (exact) mass is 371 g/mol. The van der Waals surface area contributed by atoms with Gasteiger partial charge in [0.15, 0.2) is 10.6 Å². The van der Waals surface area contributed by atoms with Crippen molar-refractivity contribution in [1.29, 1.82) is 0 Å². The van der Waals surface area contributed by atoms with Crippen molar-refractivity contribution in [2.45, 2.75) is 26.2 Å². The third-order valence-electron chi connectivity index (χ3n) is 4.01. The van der Waals surface area contributed by atoms with Crippen LogP contribution >= 0.6 is 12.2 Å². The van der Waals surface area contributed by atoms with E-state index in [1.807, 2.05) is 24.3 Å². The Morgan fingerprint density at radius 1 is 1.12 bits per heavy atom. The van der Waals surface area contributed by atoms with Crippen LogP contribution in [-0.2, 0) is 0 Å². The number of aromatic hydroxyl groups is 2. The maximum atomic E-state index is 10.1. The number of phenols is 2. The molecule has 3 aromatic rings. The molecule has 3 N–H and O–H groups in total. The predicted octanol–water partition coefficient (Wildman–Crippen LogP) is 4.58. The van der Waals surface area contributed by atoms with Crippen molar-refractivity contribution in [2.75, 3.05) is 6.61 Å². The van der Waals surface area contributed by atoms with Crippen molar-refractivity contribution in [3.63, 3.8) is 0 Å². The van der Waals surface area contributed by atoms with Gasteiger partial charge in [0.25, 0.3) is 0 Å². The molecule has 0 aliphatic rings. The third-order valence-corrected chi connectivity index (χ3v) is 4.28. The highest BCUT2D eigenvalue weighted by Gasteiger charge is 2.15. The van der Waals surface area contributed by atoms with E-state index in [4.69, 9.17) is 17.0 Å². The predicted molar refractivity (Wildman–Crippen MR) is 103 cm³/mol. The summed E-state index contributed by atoms with van der Waals surface area (Å²) in [6.07, 6.45) is 3.35. The summed E-state index contributed by atoms with van der Waals surface area (Å²) in [5, 5.41) is 26.6. The molecular formula is C19H21N3O3S. The number of hydrogen-bond acceptors (Lipinski definition) is 5. The van der Waals surface area contributed by atoms with Crippen LogP contribution in [0.3, 0.4) is 0 Å². The molecular weight excluding hydrogens is 350 g/mol. The molecule has 1 heterocycles. The molecule has 0 radical (unpaired) electrons. The minimum Gasteiger partial charge on any atom is -0.508 e. The molecule has 6 nitrogen and oxygen atoms in total. The van der Waals surface area contributed by atoms with E-state index in [1.165, 1.54) is 12.1 Å². The summed E-state index contributed by atoms with van der Waals surface area (Å²) >= 11 is 5.34. The number of unbranched alkanes of at least 4 members (excludes halogenated alkanes) is 2. The lowest BCUT2D eigenvalue weighted by Gasteiger charge is -2.10. The summed E-state index contributed by atoms with van der Waals surface area (Å²) in [5.41, 5.74) is 1.27. The molecule has 0 bridgehead atoms. The molecule has 0 saturated heterocycles. The van der Waals surface area contributed by atoms with Crippen LogP contribution in [-0.4, -0.2) is 31.6 Å². The van der Waals surface area contributed by atoms with Crippen LogP contribution in [0.25, 0.3) is 17.1 Å². The summed E-state index contributed by atoms with van der Waals surface area (Å²) in [4.78, 5) is 0. The Kier molecular flexibility index (Phi) is 5.58. The lowest BCUT2D eigenvalue weighted by atomic mass is 10.1. The first-order valence-electron chi connectivity index (χ1n) is 8.53. The second-order valence-corrected chi connectivity index (χ2v) is 6.33. The first kappa shape index (κ1) is 18.0. The van der Waals surface area contributed by atoms with Gasteiger partial charge in [-0.3, -0.25) is 9.67 Å². The lowest BCUT2D eigenvalue weighted by Crippen LogP contribution is -2.00. The highest BCUT2D eigenvalue weighted by atomic mass is 32.1. The summed E-state index contributed by atoms with van der Waals surface area (Å²) < 4.78 is 7.86. The van der Waals surface area contributed by atoms with E-state index in [0.717, 1.165) is 30.7 Å². The van der Waals surface area contributed by atoms with E-state index in [9.17, 15) is 10.2 Å². The quantitative estimate of drug-likeness (QED) is 0.418. The molecule has 0 fully saturated rings. The van der Waals surface area contributed by atoms with E-state index in [-0.39, 0.29) is 11.5 Å². The van der Waals surface area contributed by atoms with Gasteiger partial charge in [-0.25, -0.2) is 0 Å². The largest absolute Gasteiger partial charge is 0.508 e. The molecule has 0 saturated carbocycles. The number of aromatic amines is 1. The number of rotatable bonds is 7. The van der Waals surface area contributed by atoms with Gasteiger partial charge in [0.05, 0.1) is 17.9 Å². The SMILES string of the molecule is CCCCCOc1ccc(-n2c(-c3ccc(O)cc3O)n[nH]c2=S)cc1. The van der Waals surface area contributed by atoms with Crippen LogP contribution < -0.4 is 4.74 Å². The first-order chi connectivity index (χ1) is 12.6. The van der Waals surface area contributed by atoms with Gasteiger partial charge in [-0.1, -0.05) is 19.8 Å². The van der Waals surface area contributed by atoms with Crippen LogP contribution in [0.2, 0.25) is 0 Å². The van der Waals surface area contributed by atoms with Crippen LogP contribution in [0.15, 0.2) is 42.5 Å². The zero-order chi connectivity index (χ0) is 18.5. The number of benzene rings is 2. The Morgan fingerprint density at radius 3 is 2.58 bits per heavy atom. The van der Waals surface area contributed by atoms with E-state index >= 15 is 0 Å². The molecule has 2 aromatic carbocycles. The molecule has 0 aliphatic heterocycles. The van der Waals surface area contributed by atoms with Crippen LogP contribution in [0.1, 0.15) is 26.2 Å². The van der Waals surface area contributed by atoms with E-state index in [0.29, 0.717) is 22.8 Å². The molecule has 0 aliphatic carbocycles. The zero-order valence-corrected chi connectivity index (χ0v) is 15.3. The van der Waals surface area contributed by atoms with Crippen molar-refractivity contribution in [1.82, 2.24) is 14.8 Å². The van der Waals surface area contributed by atoms with Gasteiger partial charge in [-0.2, -0.15) is 5.10 Å². The molecule has 0 spiro atoms. The molecule has 26 heavy (non-hydrogen) atoms. The number of nitrogens with zero attached hydrogens (tertiary/aromatic N) is 2. The average Bonchev–Trinajstić information content (AvgIpc) is 3.01. The lowest BCUT2D eigenvalue weighted by molar-refractivity contribution is 0.306. The smallest absolute Gasteiger partial charge is 0.200 e. The minimum absolute atomic E-state index is 0.0171. The van der Waals surface area contributed by atoms with Crippen molar-refractivity contribution in [3.05, 3.63) is 47.2 Å². The van der Waals surface area contributed by atoms with E-state index in [2.05, 4.69) is 17.1 Å². The summed E-state index contributed by atoms with van der Waals surface area (Å²) in [5.74, 6) is 1.17. The summed E-state index contributed by atoms with van der Waals surface area (Å²) in [6, 6.07) is 11.9. The molecule has 136 valence electrons. The first-order valence-corrected chi connectivity index (χ1v) is 8.94. The fourth-order valence-corrected chi connectivity index (χ4v) is 2.90. The van der Waals surface area contributed by atoms with Gasteiger partial charge in [0, 0.05) is 6.07 Å². The number of phenolic OH excluding ortho intramolecular Hbond substituents is 2. The second kappa shape index (κ2) is 8.05. The van der Waals surface area contributed by atoms with Crippen LogP contribution in [0, 0.1) is 4.77 Å². The van der Waals surface area contributed by atoms with E-state index < -0.39 is 0 Å². The summed E-state index contributed by atoms with van der Waals surface area (Å²) in [6.45, 7) is 2.86. The van der Waals surface area contributed by atoms with Crippen LogP contribution in [0.4, 0.5) is 0 Å². The Balaban J connectivity index is 1.88. The second-order valence-electron chi connectivity index (χ2n) is 5.94. The molecule has 0 atom stereocenters. The van der Waals surface area contributed by atoms with Gasteiger partial charge in [-0.15, -0.1) is 0 Å². The highest BCUT2D eigenvalue weighted by molar-refractivity contribution is 7.71. The van der Waals surface area contributed by atoms with Crippen LogP contribution in [0.5, 0.6) is 17.2 Å². The standard InChI is InChI=1S/C19H21N3O3S/c1-2-3-4-11-25-15-8-5-13(6-9-15)22-18(20-21-19(22)26)16-10-7-14(23)12-17(16)24/h5-10,12,23-24H,2-4,11H2,1H3,(H,21,26). The van der Waals surface area contributed by atoms with Crippen molar-refractivity contribution >= 4 is 12.2 Å². The van der Waals surface area contributed by atoms with Gasteiger partial charge < -0.3 is 14.9 Å². The molecule has 0 amide bonds. The van der Waals surface area contributed by atoms with Gasteiger partial charge in [-0.05, 0) is 55.0 Å². The zero-order valence-electron chi connectivity index (χ0n) is 14.5. The third kappa shape index (κ3) is 3.88. The molecule has 0 unspecified atom stereocenters. The topological polar surface area (TPSA) is 83.3 Å².